The Kier molecular flexibility index (Phi) is 2.24. The first kappa shape index (κ1) is 11.3. The van der Waals surface area contributed by atoms with Gasteiger partial charge in [-0.25, -0.2) is 0 Å². The summed E-state index contributed by atoms with van der Waals surface area (Å²) < 4.78 is 0. The highest BCUT2D eigenvalue weighted by molar-refractivity contribution is 6.10. The number of imide groups is 1. The molecule has 5 nitrogen and oxygen atoms in total. The van der Waals surface area contributed by atoms with Gasteiger partial charge in [-0.2, -0.15) is 0 Å². The Bertz CT molecular complexity index is 736. The molecule has 0 aromatic heterocycles. The highest BCUT2D eigenvalue weighted by atomic mass is 16.2. The molecule has 2 aromatic rings. The fourth-order valence-electron chi connectivity index (χ4n) is 2.98. The molecule has 1 unspecified atom stereocenters. The minimum atomic E-state index is -0.356. The average Bonchev–Trinajstić information content (AvgIpc) is 2.80. The predicted octanol–water partition coefficient (Wildman–Crippen LogP) is 1.79. The van der Waals surface area contributed by atoms with Gasteiger partial charge in [0.1, 0.15) is 6.04 Å². The quantitative estimate of drug-likeness (QED) is 0.773. The highest BCUT2D eigenvalue weighted by Gasteiger charge is 2.35. The Morgan fingerprint density at radius 2 is 1.90 bits per heavy atom. The lowest BCUT2D eigenvalue weighted by Gasteiger charge is -2.31. The maximum Gasteiger partial charge on any atom is 0.251 e. The van der Waals surface area contributed by atoms with E-state index < -0.39 is 0 Å². The molecular formula is C15H13N3O2. The first-order valence-corrected chi connectivity index (χ1v) is 6.65. The van der Waals surface area contributed by atoms with Crippen LogP contribution in [-0.2, 0) is 9.59 Å². The van der Waals surface area contributed by atoms with Crippen molar-refractivity contribution in [3.8, 4) is 0 Å². The number of anilines is 2. The normalized spacial score (nSPS) is 21.0. The second kappa shape index (κ2) is 3.96. The lowest BCUT2D eigenvalue weighted by atomic mass is 10.0. The second-order valence-corrected chi connectivity index (χ2v) is 5.13. The van der Waals surface area contributed by atoms with Gasteiger partial charge in [-0.1, -0.05) is 24.3 Å². The van der Waals surface area contributed by atoms with E-state index in [1.165, 1.54) is 0 Å². The van der Waals surface area contributed by atoms with Gasteiger partial charge in [0.2, 0.25) is 5.91 Å². The van der Waals surface area contributed by atoms with Crippen LogP contribution in [-0.4, -0.2) is 17.9 Å². The van der Waals surface area contributed by atoms with Gasteiger partial charge in [-0.3, -0.25) is 25.3 Å². The lowest BCUT2D eigenvalue weighted by Crippen LogP contribution is -2.53. The summed E-state index contributed by atoms with van der Waals surface area (Å²) in [5.74, 6) is -0.431. The van der Waals surface area contributed by atoms with Gasteiger partial charge in [-0.05, 0) is 23.9 Å². The van der Waals surface area contributed by atoms with Crippen molar-refractivity contribution in [3.05, 3.63) is 36.4 Å². The Hall–Kier alpha value is -2.56. The molecule has 0 bridgehead atoms. The fourth-order valence-corrected chi connectivity index (χ4v) is 2.98. The van der Waals surface area contributed by atoms with Crippen molar-refractivity contribution in [1.82, 2.24) is 5.32 Å². The number of amides is 2. The summed E-state index contributed by atoms with van der Waals surface area (Å²) in [7, 11) is 0. The maximum atomic E-state index is 12.0. The van der Waals surface area contributed by atoms with Crippen molar-refractivity contribution >= 4 is 34.0 Å². The van der Waals surface area contributed by atoms with Crippen LogP contribution in [0, 0.1) is 0 Å². The Morgan fingerprint density at radius 3 is 2.70 bits per heavy atom. The van der Waals surface area contributed by atoms with Crippen LogP contribution in [0.25, 0.3) is 10.8 Å². The first-order valence-electron chi connectivity index (χ1n) is 6.65. The maximum absolute atomic E-state index is 12.0. The Labute approximate surface area is 115 Å². The van der Waals surface area contributed by atoms with Crippen molar-refractivity contribution in [2.45, 2.75) is 18.9 Å². The predicted molar refractivity (Wildman–Crippen MR) is 76.2 cm³/mol. The van der Waals surface area contributed by atoms with Gasteiger partial charge < -0.3 is 0 Å². The van der Waals surface area contributed by atoms with E-state index >= 15 is 0 Å². The zero-order valence-electron chi connectivity index (χ0n) is 10.7. The summed E-state index contributed by atoms with van der Waals surface area (Å²) in [6.45, 7) is 0. The van der Waals surface area contributed by atoms with Crippen molar-refractivity contribution in [2.24, 2.45) is 0 Å². The number of hydrogen-bond acceptors (Lipinski definition) is 4. The fraction of sp³-hybridized carbons (Fsp3) is 0.200. The van der Waals surface area contributed by atoms with Crippen LogP contribution in [0.1, 0.15) is 12.8 Å². The van der Waals surface area contributed by atoms with Gasteiger partial charge >= 0.3 is 0 Å². The minimum Gasteiger partial charge on any atom is -0.297 e. The number of nitrogens with zero attached hydrogens (tertiary/aromatic N) is 1. The van der Waals surface area contributed by atoms with Crippen molar-refractivity contribution in [1.29, 1.82) is 0 Å². The van der Waals surface area contributed by atoms with E-state index in [0.717, 1.165) is 22.1 Å². The third kappa shape index (κ3) is 1.49. The van der Waals surface area contributed by atoms with Gasteiger partial charge in [0.15, 0.2) is 0 Å². The van der Waals surface area contributed by atoms with Crippen LogP contribution in [0.4, 0.5) is 11.4 Å². The third-order valence-electron chi connectivity index (χ3n) is 3.90. The topological polar surface area (TPSA) is 61.4 Å². The number of hydrogen-bond donors (Lipinski definition) is 2. The molecule has 1 saturated heterocycles. The van der Waals surface area contributed by atoms with Crippen LogP contribution < -0.4 is 15.8 Å². The molecule has 5 heteroatoms. The molecule has 4 rings (SSSR count). The first-order chi connectivity index (χ1) is 9.74. The van der Waals surface area contributed by atoms with Crippen LogP contribution in [0.15, 0.2) is 36.4 Å². The van der Waals surface area contributed by atoms with E-state index in [0.29, 0.717) is 12.8 Å². The Balaban J connectivity index is 1.79. The van der Waals surface area contributed by atoms with Crippen LogP contribution in [0.2, 0.25) is 0 Å². The zero-order chi connectivity index (χ0) is 13.7. The Morgan fingerprint density at radius 1 is 1.10 bits per heavy atom. The molecule has 20 heavy (non-hydrogen) atoms. The monoisotopic (exact) mass is 267 g/mol. The van der Waals surface area contributed by atoms with Crippen LogP contribution >= 0.6 is 0 Å². The van der Waals surface area contributed by atoms with E-state index in [1.54, 1.807) is 0 Å². The second-order valence-electron chi connectivity index (χ2n) is 5.13. The molecule has 2 aromatic carbocycles. The van der Waals surface area contributed by atoms with Crippen molar-refractivity contribution in [3.63, 3.8) is 0 Å². The number of benzene rings is 2. The van der Waals surface area contributed by atoms with E-state index in [4.69, 9.17) is 0 Å². The van der Waals surface area contributed by atoms with Crippen molar-refractivity contribution < 1.29 is 9.59 Å². The summed E-state index contributed by atoms with van der Waals surface area (Å²) in [6, 6.07) is 11.7. The number of rotatable bonds is 1. The molecule has 2 aliphatic rings. The largest absolute Gasteiger partial charge is 0.297 e. The van der Waals surface area contributed by atoms with Gasteiger partial charge in [0.25, 0.3) is 5.91 Å². The van der Waals surface area contributed by atoms with Crippen LogP contribution in [0.5, 0.6) is 0 Å². The molecule has 2 amide bonds. The smallest absolute Gasteiger partial charge is 0.251 e. The molecule has 1 atom stereocenters. The summed E-state index contributed by atoms with van der Waals surface area (Å²) in [5.41, 5.74) is 5.28. The van der Waals surface area contributed by atoms with Crippen LogP contribution in [0.3, 0.4) is 0 Å². The average molecular weight is 267 g/mol. The molecule has 0 saturated carbocycles. The van der Waals surface area contributed by atoms with E-state index in [1.807, 2.05) is 29.3 Å². The zero-order valence-corrected chi connectivity index (χ0v) is 10.7. The summed E-state index contributed by atoms with van der Waals surface area (Å²) in [4.78, 5) is 23.3. The van der Waals surface area contributed by atoms with Gasteiger partial charge in [0, 0.05) is 11.8 Å². The van der Waals surface area contributed by atoms with E-state index in [-0.39, 0.29) is 17.9 Å². The number of carbonyl (C=O) groups is 2. The van der Waals surface area contributed by atoms with E-state index in [9.17, 15) is 9.59 Å². The third-order valence-corrected chi connectivity index (χ3v) is 3.90. The molecule has 100 valence electrons. The minimum absolute atomic E-state index is 0.193. The number of hydrazine groups is 1. The molecular weight excluding hydrogens is 254 g/mol. The molecule has 2 heterocycles. The lowest BCUT2D eigenvalue weighted by molar-refractivity contribution is -0.134. The summed E-state index contributed by atoms with van der Waals surface area (Å²) in [6.07, 6.45) is 0.906. The highest BCUT2D eigenvalue weighted by Crippen LogP contribution is 2.40. The standard InChI is InChI=1S/C15H13N3O2/c19-13-8-7-12(15(20)16-13)18-11-6-2-4-9-3-1-5-10(17-18)14(9)11/h1-6,12,17H,7-8H2,(H,16,19,20). The number of carbonyl (C=O) groups excluding carboxylic acids is 2. The molecule has 2 aliphatic heterocycles. The SMILES string of the molecule is O=C1CCC(N2Nc3cccc4cccc2c34)C(=O)N1. The number of nitrogens with one attached hydrogen (secondary N) is 2. The number of piperidine rings is 1. The van der Waals surface area contributed by atoms with Gasteiger partial charge in [-0.15, -0.1) is 0 Å². The van der Waals surface area contributed by atoms with E-state index in [2.05, 4.69) is 22.9 Å². The molecule has 0 spiro atoms. The molecule has 1 fully saturated rings. The molecule has 0 aliphatic carbocycles. The summed E-state index contributed by atoms with van der Waals surface area (Å²) in [5, 5.41) is 6.55. The molecule has 0 radical (unpaired) electrons. The summed E-state index contributed by atoms with van der Waals surface area (Å²) >= 11 is 0. The van der Waals surface area contributed by atoms with Crippen molar-refractivity contribution in [2.75, 3.05) is 10.4 Å². The van der Waals surface area contributed by atoms with Gasteiger partial charge in [0.05, 0.1) is 11.4 Å². The molecule has 2 N–H and O–H groups in total.